The second-order valence-corrected chi connectivity index (χ2v) is 1.84. The molecule has 0 atom stereocenters. The van der Waals surface area contributed by atoms with E-state index in [4.69, 9.17) is 10.4 Å². The van der Waals surface area contributed by atoms with Crippen molar-refractivity contribution in [2.75, 3.05) is 7.11 Å². The van der Waals surface area contributed by atoms with Crippen LogP contribution in [0.3, 0.4) is 0 Å². The highest BCUT2D eigenvalue weighted by atomic mass is 16.5. The Labute approximate surface area is 77.4 Å². The molecule has 0 aliphatic carbocycles. The number of nitrogens with zero attached hydrogens (tertiary/aromatic N) is 2. The molecule has 0 aromatic carbocycles. The second-order valence-electron chi connectivity index (χ2n) is 1.84. The van der Waals surface area contributed by atoms with Crippen LogP contribution in [-0.2, 0) is 0 Å². The van der Waals surface area contributed by atoms with Crippen LogP contribution in [0.2, 0.25) is 0 Å². The summed E-state index contributed by atoms with van der Waals surface area (Å²) >= 11 is 0. The Morgan fingerprint density at radius 2 is 2.08 bits per heavy atom. The van der Waals surface area contributed by atoms with Gasteiger partial charge in [0.15, 0.2) is 5.75 Å². The van der Waals surface area contributed by atoms with E-state index in [1.165, 1.54) is 19.2 Å². The fourth-order valence-electron chi connectivity index (χ4n) is 0.646. The molecule has 4 nitrogen and oxygen atoms in total. The zero-order valence-electron chi connectivity index (χ0n) is 7.90. The van der Waals surface area contributed by atoms with Gasteiger partial charge in [-0.1, -0.05) is 13.8 Å². The van der Waals surface area contributed by atoms with E-state index in [0.717, 1.165) is 0 Å². The van der Waals surface area contributed by atoms with Gasteiger partial charge in [0.2, 0.25) is 0 Å². The van der Waals surface area contributed by atoms with E-state index in [9.17, 15) is 0 Å². The molecule has 0 spiro atoms. The fraction of sp³-hybridized carbons (Fsp3) is 0.333. The highest BCUT2D eigenvalue weighted by molar-refractivity contribution is 5.36. The normalized spacial score (nSPS) is 7.85. The zero-order valence-corrected chi connectivity index (χ0v) is 7.90. The standard InChI is InChI=1S/C7H6N2O2.C2H6/c1-11-7-6(10)3-2-5(4-8)9-7;1-2/h2-3,10H,1H3;1-2H3. The van der Waals surface area contributed by atoms with Crippen molar-refractivity contribution in [2.45, 2.75) is 13.8 Å². The molecular weight excluding hydrogens is 168 g/mol. The van der Waals surface area contributed by atoms with E-state index in [0.29, 0.717) is 0 Å². The van der Waals surface area contributed by atoms with E-state index >= 15 is 0 Å². The van der Waals surface area contributed by atoms with E-state index < -0.39 is 0 Å². The maximum atomic E-state index is 9.03. The summed E-state index contributed by atoms with van der Waals surface area (Å²) in [5.41, 5.74) is 0.222. The minimum atomic E-state index is -0.0634. The third-order valence-electron chi connectivity index (χ3n) is 1.15. The van der Waals surface area contributed by atoms with Crippen LogP contribution in [0.4, 0.5) is 0 Å². The lowest BCUT2D eigenvalue weighted by Crippen LogP contribution is -1.89. The van der Waals surface area contributed by atoms with Crippen LogP contribution in [0.5, 0.6) is 11.6 Å². The molecule has 1 rings (SSSR count). The zero-order chi connectivity index (χ0) is 10.3. The quantitative estimate of drug-likeness (QED) is 0.714. The van der Waals surface area contributed by atoms with Crippen LogP contribution in [0.25, 0.3) is 0 Å². The van der Waals surface area contributed by atoms with Crippen molar-refractivity contribution in [2.24, 2.45) is 0 Å². The summed E-state index contributed by atoms with van der Waals surface area (Å²) in [6.45, 7) is 4.00. The molecule has 0 aliphatic heterocycles. The number of ether oxygens (including phenoxy) is 1. The summed E-state index contributed by atoms with van der Waals surface area (Å²) < 4.78 is 4.68. The van der Waals surface area contributed by atoms with Gasteiger partial charge in [-0.2, -0.15) is 10.2 Å². The number of nitriles is 1. The second kappa shape index (κ2) is 5.84. The van der Waals surface area contributed by atoms with E-state index in [1.807, 2.05) is 19.9 Å². The summed E-state index contributed by atoms with van der Waals surface area (Å²) in [6.07, 6.45) is 0. The highest BCUT2D eigenvalue weighted by Crippen LogP contribution is 2.21. The average molecular weight is 180 g/mol. The molecule has 1 heterocycles. The largest absolute Gasteiger partial charge is 0.503 e. The Kier molecular flexibility index (Phi) is 5.05. The summed E-state index contributed by atoms with van der Waals surface area (Å²) in [6, 6.07) is 4.61. The lowest BCUT2D eigenvalue weighted by atomic mass is 10.3. The Morgan fingerprint density at radius 3 is 2.54 bits per heavy atom. The van der Waals surface area contributed by atoms with Crippen LogP contribution < -0.4 is 4.74 Å². The molecule has 70 valence electrons. The molecule has 1 aromatic rings. The maximum Gasteiger partial charge on any atom is 0.257 e. The van der Waals surface area contributed by atoms with Crippen LogP contribution in [0.1, 0.15) is 19.5 Å². The smallest absolute Gasteiger partial charge is 0.257 e. The predicted octanol–water partition coefficient (Wildman–Crippen LogP) is 1.69. The van der Waals surface area contributed by atoms with Gasteiger partial charge < -0.3 is 9.84 Å². The van der Waals surface area contributed by atoms with Gasteiger partial charge in [0.1, 0.15) is 11.8 Å². The lowest BCUT2D eigenvalue weighted by Gasteiger charge is -1.99. The van der Waals surface area contributed by atoms with E-state index in [-0.39, 0.29) is 17.3 Å². The lowest BCUT2D eigenvalue weighted by molar-refractivity contribution is 0.358. The van der Waals surface area contributed by atoms with Crippen molar-refractivity contribution >= 4 is 0 Å². The first-order chi connectivity index (χ1) is 6.27. The van der Waals surface area contributed by atoms with Crippen molar-refractivity contribution in [1.29, 1.82) is 5.26 Å². The van der Waals surface area contributed by atoms with Gasteiger partial charge in [-0.3, -0.25) is 0 Å². The minimum Gasteiger partial charge on any atom is -0.503 e. The molecule has 0 amide bonds. The SMILES string of the molecule is CC.COc1nc(C#N)ccc1O. The van der Waals surface area contributed by atoms with Gasteiger partial charge in [-0.15, -0.1) is 0 Å². The molecule has 0 fully saturated rings. The summed E-state index contributed by atoms with van der Waals surface area (Å²) in [7, 11) is 1.38. The third kappa shape index (κ3) is 2.99. The molecule has 0 aliphatic rings. The average Bonchev–Trinajstić information content (AvgIpc) is 2.22. The molecule has 0 saturated carbocycles. The van der Waals surface area contributed by atoms with E-state index in [2.05, 4.69) is 9.72 Å². The number of aromatic nitrogens is 1. The number of aromatic hydroxyl groups is 1. The molecule has 0 unspecified atom stereocenters. The number of hydrogen-bond donors (Lipinski definition) is 1. The van der Waals surface area contributed by atoms with Crippen molar-refractivity contribution < 1.29 is 9.84 Å². The Hall–Kier alpha value is -1.76. The molecule has 1 N–H and O–H groups in total. The number of hydrogen-bond acceptors (Lipinski definition) is 4. The Bertz CT molecular complexity index is 305. The van der Waals surface area contributed by atoms with Crippen LogP contribution in [0.15, 0.2) is 12.1 Å². The molecule has 1 aromatic heterocycles. The summed E-state index contributed by atoms with van der Waals surface area (Å²) in [5.74, 6) is 0.00977. The topological polar surface area (TPSA) is 66.1 Å². The summed E-state index contributed by atoms with van der Waals surface area (Å²) in [4.78, 5) is 3.68. The molecule has 13 heavy (non-hydrogen) atoms. The minimum absolute atomic E-state index is 0.0634. The molecule has 0 radical (unpaired) electrons. The Morgan fingerprint density at radius 1 is 1.46 bits per heavy atom. The molecule has 0 bridgehead atoms. The Balaban J connectivity index is 0.000000671. The molecule has 4 heteroatoms. The van der Waals surface area contributed by atoms with Gasteiger partial charge in [0.25, 0.3) is 5.88 Å². The van der Waals surface area contributed by atoms with Crippen molar-refractivity contribution in [1.82, 2.24) is 4.98 Å². The highest BCUT2D eigenvalue weighted by Gasteiger charge is 2.02. The summed E-state index contributed by atoms with van der Waals surface area (Å²) in [5, 5.41) is 17.4. The van der Waals surface area contributed by atoms with Crippen molar-refractivity contribution in [3.8, 4) is 17.7 Å². The molecular formula is C9H12N2O2. The van der Waals surface area contributed by atoms with Gasteiger partial charge in [-0.05, 0) is 12.1 Å². The van der Waals surface area contributed by atoms with Crippen LogP contribution >= 0.6 is 0 Å². The van der Waals surface area contributed by atoms with Crippen molar-refractivity contribution in [3.63, 3.8) is 0 Å². The first-order valence-electron chi connectivity index (χ1n) is 3.92. The van der Waals surface area contributed by atoms with Crippen molar-refractivity contribution in [3.05, 3.63) is 17.8 Å². The van der Waals surface area contributed by atoms with Crippen LogP contribution in [0, 0.1) is 11.3 Å². The monoisotopic (exact) mass is 180 g/mol. The van der Waals surface area contributed by atoms with Crippen LogP contribution in [-0.4, -0.2) is 17.2 Å². The first-order valence-corrected chi connectivity index (χ1v) is 3.92. The number of rotatable bonds is 1. The molecule has 0 saturated heterocycles. The third-order valence-corrected chi connectivity index (χ3v) is 1.15. The maximum absolute atomic E-state index is 9.03. The van der Waals surface area contributed by atoms with Gasteiger partial charge in [0, 0.05) is 0 Å². The van der Waals surface area contributed by atoms with Gasteiger partial charge in [-0.25, -0.2) is 0 Å². The van der Waals surface area contributed by atoms with E-state index in [1.54, 1.807) is 0 Å². The first kappa shape index (κ1) is 11.2. The van der Waals surface area contributed by atoms with Gasteiger partial charge in [0.05, 0.1) is 7.11 Å². The number of methoxy groups -OCH3 is 1. The fourth-order valence-corrected chi connectivity index (χ4v) is 0.646. The number of pyridine rings is 1. The van der Waals surface area contributed by atoms with Gasteiger partial charge >= 0.3 is 0 Å². The predicted molar refractivity (Wildman–Crippen MR) is 48.5 cm³/mol.